The van der Waals surface area contributed by atoms with E-state index in [0.29, 0.717) is 19.3 Å². The highest BCUT2D eigenvalue weighted by Gasteiger charge is 2.60. The van der Waals surface area contributed by atoms with Gasteiger partial charge in [0.15, 0.2) is 5.78 Å². The second-order valence-electron chi connectivity index (χ2n) is 7.97. The second kappa shape index (κ2) is 13.0. The molecule has 0 heterocycles. The molecule has 8 heteroatoms. The van der Waals surface area contributed by atoms with Crippen molar-refractivity contribution in [1.82, 2.24) is 0 Å². The van der Waals surface area contributed by atoms with Gasteiger partial charge in [-0.25, -0.2) is 0 Å². The molecule has 8 nitrogen and oxygen atoms in total. The summed E-state index contributed by atoms with van der Waals surface area (Å²) in [7, 11) is 1.30. The van der Waals surface area contributed by atoms with E-state index in [2.05, 4.69) is 4.74 Å². The molecule has 0 saturated heterocycles. The maximum atomic E-state index is 12.9. The Morgan fingerprint density at radius 1 is 1.19 bits per heavy atom. The predicted molar refractivity (Wildman–Crippen MR) is 113 cm³/mol. The number of esters is 1. The average molecular weight is 439 g/mol. The summed E-state index contributed by atoms with van der Waals surface area (Å²) in [5.41, 5.74) is -1.89. The number of methoxy groups -OCH3 is 1. The van der Waals surface area contributed by atoms with Crippen molar-refractivity contribution in [3.63, 3.8) is 0 Å². The Hall–Kier alpha value is -2.48. The lowest BCUT2D eigenvalue weighted by atomic mass is 9.73. The van der Waals surface area contributed by atoms with E-state index in [1.165, 1.54) is 19.3 Å². The molecule has 0 radical (unpaired) electrons. The Kier molecular flexibility index (Phi) is 11.2. The van der Waals surface area contributed by atoms with Gasteiger partial charge in [0.05, 0.1) is 13.2 Å². The van der Waals surface area contributed by atoms with Crippen LogP contribution in [0.25, 0.3) is 0 Å². The number of carboxylic acid groups (broad SMARTS) is 2. The van der Waals surface area contributed by atoms with E-state index >= 15 is 0 Å². The van der Waals surface area contributed by atoms with Gasteiger partial charge in [-0.1, -0.05) is 50.5 Å². The van der Waals surface area contributed by atoms with E-state index in [1.807, 2.05) is 6.92 Å². The highest BCUT2D eigenvalue weighted by molar-refractivity contribution is 6.13. The van der Waals surface area contributed by atoms with Crippen molar-refractivity contribution in [2.75, 3.05) is 7.11 Å². The van der Waals surface area contributed by atoms with Crippen molar-refractivity contribution in [3.8, 4) is 0 Å². The van der Waals surface area contributed by atoms with Crippen LogP contribution in [0.4, 0.5) is 0 Å². The number of aliphatic hydroxyl groups excluding tert-OH is 1. The van der Waals surface area contributed by atoms with Crippen LogP contribution in [0.15, 0.2) is 24.3 Å². The van der Waals surface area contributed by atoms with E-state index in [9.17, 15) is 34.5 Å². The summed E-state index contributed by atoms with van der Waals surface area (Å²) >= 11 is 0. The molecule has 31 heavy (non-hydrogen) atoms. The molecule has 1 fully saturated rings. The lowest BCUT2D eigenvalue weighted by Gasteiger charge is -2.27. The van der Waals surface area contributed by atoms with Crippen LogP contribution in [0.2, 0.25) is 0 Å². The summed E-state index contributed by atoms with van der Waals surface area (Å²) in [5, 5.41) is 29.5. The zero-order chi connectivity index (χ0) is 23.4. The Bertz CT molecular complexity index is 696. The smallest absolute Gasteiger partial charge is 0.318 e. The average Bonchev–Trinajstić information content (AvgIpc) is 3.01. The van der Waals surface area contributed by atoms with Crippen LogP contribution >= 0.6 is 0 Å². The van der Waals surface area contributed by atoms with Crippen LogP contribution in [0.5, 0.6) is 0 Å². The lowest BCUT2D eigenvalue weighted by Crippen LogP contribution is -2.42. The van der Waals surface area contributed by atoms with E-state index < -0.39 is 41.1 Å². The molecule has 1 rings (SSSR count). The van der Waals surface area contributed by atoms with E-state index in [4.69, 9.17) is 0 Å². The molecule has 4 atom stereocenters. The molecule has 0 aromatic heterocycles. The number of aliphatic hydroxyl groups is 1. The van der Waals surface area contributed by atoms with Crippen molar-refractivity contribution in [1.29, 1.82) is 0 Å². The number of Topliss-reactive ketones (excluding diaryl/α,β-unsaturated/α-hetero) is 1. The molecule has 0 aromatic carbocycles. The third-order valence-corrected chi connectivity index (χ3v) is 5.81. The van der Waals surface area contributed by atoms with Crippen molar-refractivity contribution in [2.45, 2.75) is 70.8 Å². The van der Waals surface area contributed by atoms with Gasteiger partial charge in [-0.3, -0.25) is 19.2 Å². The summed E-state index contributed by atoms with van der Waals surface area (Å²) in [5.74, 6) is -6.09. The number of ketones is 1. The van der Waals surface area contributed by atoms with Crippen molar-refractivity contribution >= 4 is 23.7 Å². The maximum Gasteiger partial charge on any atom is 0.318 e. The molecule has 174 valence electrons. The third kappa shape index (κ3) is 7.31. The molecule has 0 bridgehead atoms. The molecule has 1 aliphatic carbocycles. The van der Waals surface area contributed by atoms with Crippen LogP contribution in [-0.4, -0.2) is 52.2 Å². The first kappa shape index (κ1) is 26.6. The SMILES string of the molecule is CCCCCC(O)C=C[C@@H]1C[C@@H](C(=O)O)C(=O)[C@@]1(CC=CCCCC(=O)OC)C(=O)O. The summed E-state index contributed by atoms with van der Waals surface area (Å²) in [6.07, 6.45) is 9.75. The van der Waals surface area contributed by atoms with Crippen LogP contribution < -0.4 is 0 Å². The standard InChI is InChI=1S/C23H34O8/c1-3-4-7-10-17(24)13-12-16-15-18(21(27)28)20(26)23(16,22(29)30)14-9-6-5-8-11-19(25)31-2/h6,9,12-13,16-18,24H,3-5,7-8,10-11,14-15H2,1-2H3,(H,27,28)(H,29,30)/t16-,17?,18-,23+/m1/s1. The van der Waals surface area contributed by atoms with Crippen LogP contribution in [0.3, 0.4) is 0 Å². The number of unbranched alkanes of at least 4 members (excludes halogenated alkanes) is 3. The number of ether oxygens (including phenoxy) is 1. The van der Waals surface area contributed by atoms with Gasteiger partial charge in [0.1, 0.15) is 11.3 Å². The van der Waals surface area contributed by atoms with E-state index in [1.54, 1.807) is 12.2 Å². The van der Waals surface area contributed by atoms with Gasteiger partial charge >= 0.3 is 17.9 Å². The number of carboxylic acids is 2. The van der Waals surface area contributed by atoms with Gasteiger partial charge < -0.3 is 20.1 Å². The minimum atomic E-state index is -1.89. The second-order valence-corrected chi connectivity index (χ2v) is 7.97. The minimum absolute atomic E-state index is 0.116. The largest absolute Gasteiger partial charge is 0.481 e. The van der Waals surface area contributed by atoms with Crippen molar-refractivity contribution in [2.24, 2.45) is 17.3 Å². The fraction of sp³-hybridized carbons (Fsp3) is 0.652. The minimum Gasteiger partial charge on any atom is -0.481 e. The van der Waals surface area contributed by atoms with Gasteiger partial charge in [-0.2, -0.15) is 0 Å². The summed E-state index contributed by atoms with van der Waals surface area (Å²) in [6, 6.07) is 0. The molecule has 3 N–H and O–H groups in total. The number of carbonyl (C=O) groups excluding carboxylic acids is 2. The highest BCUT2D eigenvalue weighted by atomic mass is 16.5. The summed E-state index contributed by atoms with van der Waals surface area (Å²) in [4.78, 5) is 47.8. The van der Waals surface area contributed by atoms with Crippen molar-refractivity contribution in [3.05, 3.63) is 24.3 Å². The fourth-order valence-electron chi connectivity index (χ4n) is 3.93. The third-order valence-electron chi connectivity index (χ3n) is 5.81. The van der Waals surface area contributed by atoms with Crippen LogP contribution in [0.1, 0.15) is 64.7 Å². The molecular formula is C23H34O8. The number of aliphatic carboxylic acids is 2. The number of hydrogen-bond donors (Lipinski definition) is 3. The molecule has 1 unspecified atom stereocenters. The summed E-state index contributed by atoms with van der Waals surface area (Å²) < 4.78 is 4.56. The molecule has 1 saturated carbocycles. The van der Waals surface area contributed by atoms with E-state index in [-0.39, 0.29) is 25.2 Å². The van der Waals surface area contributed by atoms with Gasteiger partial charge in [-0.05, 0) is 32.1 Å². The zero-order valence-corrected chi connectivity index (χ0v) is 18.3. The number of carbonyl (C=O) groups is 4. The molecule has 0 spiro atoms. The Labute approximate surface area is 183 Å². The quantitative estimate of drug-likeness (QED) is 0.163. The maximum absolute atomic E-state index is 12.9. The first-order chi connectivity index (χ1) is 14.7. The van der Waals surface area contributed by atoms with Gasteiger partial charge in [0, 0.05) is 12.3 Å². The molecular weight excluding hydrogens is 404 g/mol. The molecule has 1 aliphatic rings. The lowest BCUT2D eigenvalue weighted by molar-refractivity contribution is -0.156. The van der Waals surface area contributed by atoms with Crippen LogP contribution in [-0.2, 0) is 23.9 Å². The predicted octanol–water partition coefficient (Wildman–Crippen LogP) is 3.13. The number of allylic oxidation sites excluding steroid dienone is 3. The first-order valence-electron chi connectivity index (χ1n) is 10.8. The Morgan fingerprint density at radius 2 is 1.90 bits per heavy atom. The fourth-order valence-corrected chi connectivity index (χ4v) is 3.93. The van der Waals surface area contributed by atoms with Crippen molar-refractivity contribution < 1.29 is 39.2 Å². The Balaban J connectivity index is 2.98. The monoisotopic (exact) mass is 438 g/mol. The molecule has 0 aliphatic heterocycles. The van der Waals surface area contributed by atoms with E-state index in [0.717, 1.165) is 19.3 Å². The Morgan fingerprint density at radius 3 is 2.48 bits per heavy atom. The highest BCUT2D eigenvalue weighted by Crippen LogP contribution is 2.48. The first-order valence-corrected chi connectivity index (χ1v) is 10.8. The van der Waals surface area contributed by atoms with Crippen LogP contribution in [0, 0.1) is 17.3 Å². The van der Waals surface area contributed by atoms with Gasteiger partial charge in [0.2, 0.25) is 0 Å². The number of rotatable bonds is 14. The number of hydrogen-bond acceptors (Lipinski definition) is 6. The van der Waals surface area contributed by atoms with Gasteiger partial charge in [-0.15, -0.1) is 0 Å². The molecule has 0 aromatic rings. The molecule has 0 amide bonds. The van der Waals surface area contributed by atoms with Gasteiger partial charge in [0.25, 0.3) is 0 Å². The zero-order valence-electron chi connectivity index (χ0n) is 18.3. The summed E-state index contributed by atoms with van der Waals surface area (Å²) in [6.45, 7) is 2.04. The topological polar surface area (TPSA) is 138 Å². The normalized spacial score (nSPS) is 24.7.